The highest BCUT2D eigenvalue weighted by Gasteiger charge is 2.24. The third kappa shape index (κ3) is 7.18. The van der Waals surface area contributed by atoms with E-state index in [4.69, 9.17) is 21.7 Å². The number of pyridine rings is 1. The van der Waals surface area contributed by atoms with Gasteiger partial charge in [0.2, 0.25) is 0 Å². The van der Waals surface area contributed by atoms with Crippen LogP contribution in [-0.2, 0) is 9.47 Å². The first kappa shape index (κ1) is 21.2. The summed E-state index contributed by atoms with van der Waals surface area (Å²) in [6.45, 7) is 7.49. The van der Waals surface area contributed by atoms with Crippen LogP contribution in [0.1, 0.15) is 26.7 Å². The Kier molecular flexibility index (Phi) is 9.06. The molecule has 0 aliphatic carbocycles. The van der Waals surface area contributed by atoms with Crippen molar-refractivity contribution in [3.05, 3.63) is 18.3 Å². The number of ether oxygens (including phenoxy) is 2. The van der Waals surface area contributed by atoms with Crippen LogP contribution >= 0.6 is 12.2 Å². The number of nitrogens with zero attached hydrogens (tertiary/aromatic N) is 2. The second-order valence-corrected chi connectivity index (χ2v) is 6.49. The lowest BCUT2D eigenvalue weighted by Gasteiger charge is -2.32. The maximum absolute atomic E-state index is 11.8. The average molecular weight is 396 g/mol. The maximum atomic E-state index is 11.8. The normalized spacial score (nSPS) is 14.5. The third-order valence-electron chi connectivity index (χ3n) is 4.16. The zero-order chi connectivity index (χ0) is 19.5. The van der Waals surface area contributed by atoms with E-state index in [9.17, 15) is 4.79 Å². The second kappa shape index (κ2) is 11.6. The molecular formula is C18H29N5O3S. The molecule has 0 bridgehead atoms. The molecule has 1 aromatic rings. The molecule has 1 aromatic heterocycles. The summed E-state index contributed by atoms with van der Waals surface area (Å²) in [4.78, 5) is 17.8. The van der Waals surface area contributed by atoms with Crippen molar-refractivity contribution in [1.29, 1.82) is 0 Å². The summed E-state index contributed by atoms with van der Waals surface area (Å²) in [5.41, 5.74) is 0.815. The number of hydrogen-bond donors (Lipinski definition) is 3. The Bertz CT molecular complexity index is 608. The fourth-order valence-electron chi connectivity index (χ4n) is 2.80. The second-order valence-electron chi connectivity index (χ2n) is 6.08. The summed E-state index contributed by atoms with van der Waals surface area (Å²) in [6, 6.07) is 4.01. The molecule has 0 unspecified atom stereocenters. The Morgan fingerprint density at radius 1 is 1.33 bits per heavy atom. The predicted molar refractivity (Wildman–Crippen MR) is 110 cm³/mol. The Balaban J connectivity index is 1.78. The quantitative estimate of drug-likeness (QED) is 0.457. The van der Waals surface area contributed by atoms with E-state index in [-0.39, 0.29) is 12.1 Å². The molecule has 1 amide bonds. The van der Waals surface area contributed by atoms with Gasteiger partial charge in [0.1, 0.15) is 5.82 Å². The van der Waals surface area contributed by atoms with Gasteiger partial charge in [0.05, 0.1) is 18.9 Å². The largest absolute Gasteiger partial charge is 0.450 e. The number of thiocarbonyl (C=S) groups is 1. The molecule has 0 aromatic carbocycles. The van der Waals surface area contributed by atoms with Gasteiger partial charge in [0.25, 0.3) is 0 Å². The topological polar surface area (TPSA) is 87.8 Å². The van der Waals surface area contributed by atoms with Gasteiger partial charge in [0, 0.05) is 38.5 Å². The highest BCUT2D eigenvalue weighted by molar-refractivity contribution is 7.80. The molecule has 0 atom stereocenters. The third-order valence-corrected chi connectivity index (χ3v) is 4.37. The van der Waals surface area contributed by atoms with Gasteiger partial charge in [-0.2, -0.15) is 0 Å². The van der Waals surface area contributed by atoms with Crippen LogP contribution in [0.4, 0.5) is 16.3 Å². The number of nitrogens with one attached hydrogen (secondary N) is 3. The van der Waals surface area contributed by atoms with E-state index < -0.39 is 0 Å². The van der Waals surface area contributed by atoms with E-state index in [1.54, 1.807) is 11.1 Å². The molecule has 2 rings (SSSR count). The van der Waals surface area contributed by atoms with Crippen molar-refractivity contribution in [3.63, 3.8) is 0 Å². The molecule has 0 radical (unpaired) electrons. The van der Waals surface area contributed by atoms with E-state index in [0.717, 1.165) is 24.3 Å². The van der Waals surface area contributed by atoms with Crippen LogP contribution in [0.5, 0.6) is 0 Å². The van der Waals surface area contributed by atoms with Crippen molar-refractivity contribution in [2.45, 2.75) is 32.7 Å². The van der Waals surface area contributed by atoms with Crippen LogP contribution in [-0.4, -0.2) is 66.6 Å². The summed E-state index contributed by atoms with van der Waals surface area (Å²) in [5, 5.41) is 10.3. The molecule has 1 saturated heterocycles. The van der Waals surface area contributed by atoms with Gasteiger partial charge in [-0.05, 0) is 51.0 Å². The molecule has 1 fully saturated rings. The average Bonchev–Trinajstić information content (AvgIpc) is 2.67. The highest BCUT2D eigenvalue weighted by atomic mass is 32.1. The van der Waals surface area contributed by atoms with Crippen LogP contribution in [0.25, 0.3) is 0 Å². The number of likely N-dealkylation sites (tertiary alicyclic amines) is 1. The lowest BCUT2D eigenvalue weighted by Crippen LogP contribution is -2.47. The van der Waals surface area contributed by atoms with E-state index >= 15 is 0 Å². The van der Waals surface area contributed by atoms with Crippen molar-refractivity contribution >= 4 is 34.9 Å². The number of piperidine rings is 1. The number of hydrogen-bond acceptors (Lipinski definition) is 6. The number of carbonyl (C=O) groups is 1. The van der Waals surface area contributed by atoms with Gasteiger partial charge >= 0.3 is 6.09 Å². The molecule has 1 aliphatic heterocycles. The molecule has 27 heavy (non-hydrogen) atoms. The molecule has 150 valence electrons. The van der Waals surface area contributed by atoms with Crippen molar-refractivity contribution in [2.75, 3.05) is 50.1 Å². The van der Waals surface area contributed by atoms with Gasteiger partial charge < -0.3 is 30.3 Å². The van der Waals surface area contributed by atoms with Crippen LogP contribution in [0.3, 0.4) is 0 Å². The molecule has 9 heteroatoms. The fourth-order valence-corrected chi connectivity index (χ4v) is 3.07. The van der Waals surface area contributed by atoms with Gasteiger partial charge in [-0.15, -0.1) is 0 Å². The fraction of sp³-hybridized carbons (Fsp3) is 0.611. The molecule has 8 nitrogen and oxygen atoms in total. The first-order valence-electron chi connectivity index (χ1n) is 9.39. The molecule has 0 spiro atoms. The minimum Gasteiger partial charge on any atom is -0.450 e. The first-order valence-corrected chi connectivity index (χ1v) is 9.80. The Hall–Kier alpha value is -2.13. The number of aromatic nitrogens is 1. The van der Waals surface area contributed by atoms with Crippen LogP contribution in [0.2, 0.25) is 0 Å². The van der Waals surface area contributed by atoms with E-state index in [0.29, 0.717) is 44.6 Å². The number of amides is 1. The van der Waals surface area contributed by atoms with Gasteiger partial charge in [-0.3, -0.25) is 0 Å². The first-order chi connectivity index (χ1) is 13.1. The zero-order valence-electron chi connectivity index (χ0n) is 16.0. The lowest BCUT2D eigenvalue weighted by molar-refractivity contribution is 0.0964. The van der Waals surface area contributed by atoms with Gasteiger partial charge in [-0.25, -0.2) is 9.78 Å². The SMILES string of the molecule is CCOCCNc1ncccc1NC(=S)NC1CCN(C(=O)OCC)CC1. The minimum absolute atomic E-state index is 0.224. The van der Waals surface area contributed by atoms with Crippen molar-refractivity contribution in [3.8, 4) is 0 Å². The Labute approximate surface area is 166 Å². The minimum atomic E-state index is -0.241. The predicted octanol–water partition coefficient (Wildman–Crippen LogP) is 2.44. The number of anilines is 2. The molecular weight excluding hydrogens is 366 g/mol. The monoisotopic (exact) mass is 395 g/mol. The number of carbonyl (C=O) groups excluding carboxylic acids is 1. The molecule has 1 aliphatic rings. The summed E-state index contributed by atoms with van der Waals surface area (Å²) in [7, 11) is 0. The summed E-state index contributed by atoms with van der Waals surface area (Å²) in [6.07, 6.45) is 3.14. The van der Waals surface area contributed by atoms with Crippen molar-refractivity contribution in [1.82, 2.24) is 15.2 Å². The van der Waals surface area contributed by atoms with Crippen LogP contribution < -0.4 is 16.0 Å². The highest BCUT2D eigenvalue weighted by Crippen LogP contribution is 2.18. The smallest absolute Gasteiger partial charge is 0.409 e. The standard InChI is InChI=1S/C18H29N5O3S/c1-3-25-13-10-20-16-15(6-5-9-19-16)22-17(27)21-14-7-11-23(12-8-14)18(24)26-4-2/h5-6,9,14H,3-4,7-8,10-13H2,1-2H3,(H,19,20)(H2,21,22,27). The van der Waals surface area contributed by atoms with Crippen molar-refractivity contribution < 1.29 is 14.3 Å². The van der Waals surface area contributed by atoms with Crippen LogP contribution in [0.15, 0.2) is 18.3 Å². The van der Waals surface area contributed by atoms with Crippen molar-refractivity contribution in [2.24, 2.45) is 0 Å². The molecule has 0 saturated carbocycles. The lowest BCUT2D eigenvalue weighted by atomic mass is 10.1. The van der Waals surface area contributed by atoms with E-state index in [1.807, 2.05) is 26.0 Å². The summed E-state index contributed by atoms with van der Waals surface area (Å²) in [5.74, 6) is 0.735. The molecule has 2 heterocycles. The maximum Gasteiger partial charge on any atom is 0.409 e. The Morgan fingerprint density at radius 3 is 2.81 bits per heavy atom. The number of rotatable bonds is 8. The van der Waals surface area contributed by atoms with Gasteiger partial charge in [0.15, 0.2) is 5.11 Å². The summed E-state index contributed by atoms with van der Waals surface area (Å²) < 4.78 is 10.4. The van der Waals surface area contributed by atoms with E-state index in [1.165, 1.54) is 0 Å². The Morgan fingerprint density at radius 2 is 2.11 bits per heavy atom. The summed E-state index contributed by atoms with van der Waals surface area (Å²) >= 11 is 5.45. The van der Waals surface area contributed by atoms with Gasteiger partial charge in [-0.1, -0.05) is 0 Å². The zero-order valence-corrected chi connectivity index (χ0v) is 16.8. The van der Waals surface area contributed by atoms with E-state index in [2.05, 4.69) is 20.9 Å². The van der Waals surface area contributed by atoms with Crippen LogP contribution in [0, 0.1) is 0 Å². The molecule has 3 N–H and O–H groups in total.